The number of nitrogens with two attached hydrogens (primary N) is 1. The zero-order valence-electron chi connectivity index (χ0n) is 8.66. The number of nitrogens with one attached hydrogen (secondary N) is 1. The first-order chi connectivity index (χ1) is 8.16. The quantitative estimate of drug-likeness (QED) is 0.602. The largest absolute Gasteiger partial charge is 0.384 e. The molecule has 8 heteroatoms. The molecule has 3 N–H and O–H groups in total. The van der Waals surface area contributed by atoms with Gasteiger partial charge in [0, 0.05) is 12.1 Å². The molecule has 0 fully saturated rings. The lowest BCUT2D eigenvalue weighted by atomic mass is 10.3. The number of anilines is 2. The maximum atomic E-state index is 10.7. The molecule has 0 bridgehead atoms. The molecule has 0 atom stereocenters. The average molecular weight is 235 g/mol. The fourth-order valence-electron chi connectivity index (χ4n) is 1.25. The molecule has 0 aliphatic rings. The molecule has 17 heavy (non-hydrogen) atoms. The van der Waals surface area contributed by atoms with Crippen LogP contribution in [0.4, 0.5) is 17.3 Å². The lowest BCUT2D eigenvalue weighted by Gasteiger charge is -2.04. The molecule has 0 amide bonds. The number of nitro groups is 1. The van der Waals surface area contributed by atoms with Crippen LogP contribution < -0.4 is 11.1 Å². The van der Waals surface area contributed by atoms with Gasteiger partial charge in [0.05, 0.1) is 11.5 Å². The Balaban J connectivity index is 2.19. The Bertz CT molecular complexity index is 525. The maximum absolute atomic E-state index is 10.7. The van der Waals surface area contributed by atoms with Gasteiger partial charge in [-0.1, -0.05) is 5.16 Å². The molecule has 0 aromatic carbocycles. The third-order valence-corrected chi connectivity index (χ3v) is 2.02. The number of hydrogen-bond acceptors (Lipinski definition) is 7. The summed E-state index contributed by atoms with van der Waals surface area (Å²) in [6.45, 7) is 0.272. The summed E-state index contributed by atoms with van der Waals surface area (Å²) >= 11 is 0. The summed E-state index contributed by atoms with van der Waals surface area (Å²) < 4.78 is 4.64. The van der Waals surface area contributed by atoms with Gasteiger partial charge < -0.3 is 15.6 Å². The van der Waals surface area contributed by atoms with Gasteiger partial charge in [-0.3, -0.25) is 10.1 Å². The smallest absolute Gasteiger partial charge is 0.311 e. The first-order valence-electron chi connectivity index (χ1n) is 4.71. The van der Waals surface area contributed by atoms with Crippen molar-refractivity contribution < 1.29 is 9.45 Å². The van der Waals surface area contributed by atoms with E-state index in [0.717, 1.165) is 0 Å². The summed E-state index contributed by atoms with van der Waals surface area (Å²) in [5.74, 6) is 0.316. The van der Waals surface area contributed by atoms with Gasteiger partial charge in [0.25, 0.3) is 0 Å². The van der Waals surface area contributed by atoms with Gasteiger partial charge in [-0.05, 0) is 6.07 Å². The van der Waals surface area contributed by atoms with Crippen LogP contribution >= 0.6 is 0 Å². The number of hydrogen-bond donors (Lipinski definition) is 2. The van der Waals surface area contributed by atoms with E-state index in [1.165, 1.54) is 18.4 Å². The molecule has 0 saturated carbocycles. The topological polar surface area (TPSA) is 120 Å². The third kappa shape index (κ3) is 2.48. The van der Waals surface area contributed by atoms with E-state index in [4.69, 9.17) is 5.73 Å². The summed E-state index contributed by atoms with van der Waals surface area (Å²) in [5.41, 5.74) is 5.95. The van der Waals surface area contributed by atoms with Crippen molar-refractivity contribution in [2.75, 3.05) is 11.1 Å². The highest BCUT2D eigenvalue weighted by atomic mass is 16.6. The minimum atomic E-state index is -0.530. The Labute approximate surface area is 95.6 Å². The van der Waals surface area contributed by atoms with Crippen molar-refractivity contribution in [3.63, 3.8) is 0 Å². The normalized spacial score (nSPS) is 10.1. The summed E-state index contributed by atoms with van der Waals surface area (Å²) in [4.78, 5) is 14.1. The highest BCUT2D eigenvalue weighted by Gasteiger charge is 2.15. The molecule has 0 aliphatic heterocycles. The Kier molecular flexibility index (Phi) is 2.86. The van der Waals surface area contributed by atoms with Crippen LogP contribution in [0.5, 0.6) is 0 Å². The van der Waals surface area contributed by atoms with Gasteiger partial charge >= 0.3 is 5.69 Å². The highest BCUT2D eigenvalue weighted by Crippen LogP contribution is 2.23. The molecule has 2 aromatic rings. The van der Waals surface area contributed by atoms with E-state index < -0.39 is 4.92 Å². The highest BCUT2D eigenvalue weighted by molar-refractivity contribution is 5.59. The fraction of sp³-hybridized carbons (Fsp3) is 0.111. The zero-order chi connectivity index (χ0) is 12.3. The van der Waals surface area contributed by atoms with Gasteiger partial charge in [0.15, 0.2) is 0 Å². The lowest BCUT2D eigenvalue weighted by molar-refractivity contribution is -0.384. The molecule has 2 aromatic heterocycles. The monoisotopic (exact) mass is 235 g/mol. The minimum Gasteiger partial charge on any atom is -0.384 e. The summed E-state index contributed by atoms with van der Waals surface area (Å²) in [6, 6.07) is 4.32. The standard InChI is InChI=1S/C9H9N5O3/c10-8-2-1-7(14(15)16)9(12-8)11-5-6-3-4-17-13-6/h1-4H,5H2,(H3,10,11,12). The Morgan fingerprint density at radius 2 is 2.29 bits per heavy atom. The van der Waals surface area contributed by atoms with Crippen molar-refractivity contribution in [2.45, 2.75) is 6.54 Å². The van der Waals surface area contributed by atoms with Crippen molar-refractivity contribution >= 4 is 17.3 Å². The van der Waals surface area contributed by atoms with Crippen molar-refractivity contribution in [1.29, 1.82) is 0 Å². The molecule has 88 valence electrons. The fourth-order valence-corrected chi connectivity index (χ4v) is 1.25. The predicted molar refractivity (Wildman–Crippen MR) is 59.1 cm³/mol. The van der Waals surface area contributed by atoms with Crippen LogP contribution in [0, 0.1) is 10.1 Å². The molecule has 8 nitrogen and oxygen atoms in total. The Hall–Kier alpha value is -2.64. The molecule has 0 spiro atoms. The van der Waals surface area contributed by atoms with Crippen LogP contribution in [0.3, 0.4) is 0 Å². The molecular weight excluding hydrogens is 226 g/mol. The molecule has 2 heterocycles. The van der Waals surface area contributed by atoms with E-state index in [0.29, 0.717) is 5.69 Å². The molecule has 0 saturated heterocycles. The number of nitrogens with zero attached hydrogens (tertiary/aromatic N) is 3. The second kappa shape index (κ2) is 4.47. The average Bonchev–Trinajstić information content (AvgIpc) is 2.78. The molecule has 2 rings (SSSR count). The van der Waals surface area contributed by atoms with E-state index >= 15 is 0 Å². The summed E-state index contributed by atoms with van der Waals surface area (Å²) in [7, 11) is 0. The van der Waals surface area contributed by atoms with Crippen molar-refractivity contribution in [3.8, 4) is 0 Å². The van der Waals surface area contributed by atoms with Crippen LogP contribution in [0.2, 0.25) is 0 Å². The van der Waals surface area contributed by atoms with E-state index in [9.17, 15) is 10.1 Å². The first kappa shape index (κ1) is 10.9. The first-order valence-corrected chi connectivity index (χ1v) is 4.71. The van der Waals surface area contributed by atoms with Crippen LogP contribution in [-0.2, 0) is 6.54 Å². The van der Waals surface area contributed by atoms with Crippen molar-refractivity contribution in [1.82, 2.24) is 10.1 Å². The van der Waals surface area contributed by atoms with Crippen molar-refractivity contribution in [2.24, 2.45) is 0 Å². The SMILES string of the molecule is Nc1ccc([N+](=O)[O-])c(NCc2ccon2)n1. The number of pyridine rings is 1. The molecule has 0 unspecified atom stereocenters. The van der Waals surface area contributed by atoms with Crippen molar-refractivity contribution in [3.05, 3.63) is 40.3 Å². The van der Waals surface area contributed by atoms with E-state index in [1.54, 1.807) is 6.07 Å². The van der Waals surface area contributed by atoms with Crippen LogP contribution in [0.1, 0.15) is 5.69 Å². The minimum absolute atomic E-state index is 0.109. The van der Waals surface area contributed by atoms with Gasteiger partial charge in [-0.2, -0.15) is 0 Å². The second-order valence-corrected chi connectivity index (χ2v) is 3.21. The van der Waals surface area contributed by atoms with Gasteiger partial charge in [0.1, 0.15) is 17.8 Å². The van der Waals surface area contributed by atoms with E-state index in [2.05, 4.69) is 20.0 Å². The van der Waals surface area contributed by atoms with Gasteiger partial charge in [0.2, 0.25) is 5.82 Å². The number of rotatable bonds is 4. The van der Waals surface area contributed by atoms with E-state index in [-0.39, 0.29) is 23.9 Å². The summed E-state index contributed by atoms with van der Waals surface area (Å²) in [5, 5.41) is 17.2. The maximum Gasteiger partial charge on any atom is 0.311 e. The predicted octanol–water partition coefficient (Wildman–Crippen LogP) is 1.17. The lowest BCUT2D eigenvalue weighted by Crippen LogP contribution is -2.06. The van der Waals surface area contributed by atoms with Crippen LogP contribution in [0.25, 0.3) is 0 Å². The van der Waals surface area contributed by atoms with Gasteiger partial charge in [-0.25, -0.2) is 4.98 Å². The molecular formula is C9H9N5O3. The second-order valence-electron chi connectivity index (χ2n) is 3.21. The van der Waals surface area contributed by atoms with Crippen LogP contribution in [0.15, 0.2) is 29.0 Å². The molecule has 0 radical (unpaired) electrons. The van der Waals surface area contributed by atoms with E-state index in [1.807, 2.05) is 0 Å². The zero-order valence-corrected chi connectivity index (χ0v) is 8.66. The Morgan fingerprint density at radius 3 is 2.94 bits per heavy atom. The Morgan fingerprint density at radius 1 is 1.47 bits per heavy atom. The van der Waals surface area contributed by atoms with Crippen LogP contribution in [-0.4, -0.2) is 15.1 Å². The van der Waals surface area contributed by atoms with Gasteiger partial charge in [-0.15, -0.1) is 0 Å². The number of aromatic nitrogens is 2. The number of nitrogen functional groups attached to an aromatic ring is 1. The third-order valence-electron chi connectivity index (χ3n) is 2.02. The summed E-state index contributed by atoms with van der Waals surface area (Å²) in [6.07, 6.45) is 1.41. The molecule has 0 aliphatic carbocycles.